The average Bonchev–Trinajstić information content (AvgIpc) is 3.63. The Morgan fingerprint density at radius 3 is 2.54 bits per heavy atom. The molecule has 1 fully saturated rings. The number of benzene rings is 1. The van der Waals surface area contributed by atoms with Gasteiger partial charge in [-0.15, -0.1) is 0 Å². The Bertz CT molecular complexity index is 1030. The SMILES string of the molecule is C=C/C=C(/Cl)c1c(C)cnn1CC(=O)N(CC(=O)NCc1cccc(Cl)c1F)C1CC1.CC.CC. The van der Waals surface area contributed by atoms with Gasteiger partial charge in [0.1, 0.15) is 12.4 Å². The Kier molecular flexibility index (Phi) is 13.3. The summed E-state index contributed by atoms with van der Waals surface area (Å²) >= 11 is 12.1. The second kappa shape index (κ2) is 15.4. The van der Waals surface area contributed by atoms with E-state index in [1.54, 1.807) is 30.5 Å². The number of nitrogens with one attached hydrogen (secondary N) is 1. The smallest absolute Gasteiger partial charge is 0.245 e. The molecule has 6 nitrogen and oxygen atoms in total. The fourth-order valence-electron chi connectivity index (χ4n) is 3.21. The van der Waals surface area contributed by atoms with Crippen LogP contribution in [0.2, 0.25) is 5.02 Å². The zero-order valence-electron chi connectivity index (χ0n) is 21.1. The Morgan fingerprint density at radius 1 is 1.29 bits per heavy atom. The van der Waals surface area contributed by atoms with Crippen LogP contribution in [0.5, 0.6) is 0 Å². The molecule has 0 radical (unpaired) electrons. The molecule has 1 N–H and O–H groups in total. The van der Waals surface area contributed by atoms with Gasteiger partial charge in [-0.2, -0.15) is 5.10 Å². The van der Waals surface area contributed by atoms with Gasteiger partial charge >= 0.3 is 0 Å². The summed E-state index contributed by atoms with van der Waals surface area (Å²) in [5.41, 5.74) is 1.74. The number of aryl methyl sites for hydroxylation is 1. The quantitative estimate of drug-likeness (QED) is 0.402. The minimum absolute atomic E-state index is 0.00369. The van der Waals surface area contributed by atoms with E-state index in [1.807, 2.05) is 34.6 Å². The van der Waals surface area contributed by atoms with Crippen molar-refractivity contribution in [1.82, 2.24) is 20.0 Å². The zero-order chi connectivity index (χ0) is 26.5. The summed E-state index contributed by atoms with van der Waals surface area (Å²) in [5, 5.41) is 7.33. The first-order valence-electron chi connectivity index (χ1n) is 11.8. The van der Waals surface area contributed by atoms with Crippen LogP contribution in [0.25, 0.3) is 5.03 Å². The highest BCUT2D eigenvalue weighted by atomic mass is 35.5. The number of carbonyl (C=O) groups excluding carboxylic acids is 2. The highest BCUT2D eigenvalue weighted by Crippen LogP contribution is 2.28. The van der Waals surface area contributed by atoms with Crippen LogP contribution in [-0.2, 0) is 22.7 Å². The lowest BCUT2D eigenvalue weighted by molar-refractivity contribution is -0.137. The number of carbonyl (C=O) groups is 2. The fraction of sp³-hybridized carbons (Fsp3) is 0.423. The lowest BCUT2D eigenvalue weighted by atomic mass is 10.2. The van der Waals surface area contributed by atoms with Crippen molar-refractivity contribution in [2.24, 2.45) is 0 Å². The molecule has 2 aromatic rings. The monoisotopic (exact) mass is 524 g/mol. The molecule has 1 heterocycles. The van der Waals surface area contributed by atoms with Crippen LogP contribution in [0.3, 0.4) is 0 Å². The molecule has 1 aliphatic carbocycles. The molecule has 9 heteroatoms. The van der Waals surface area contributed by atoms with E-state index in [1.165, 1.54) is 15.6 Å². The summed E-state index contributed by atoms with van der Waals surface area (Å²) in [7, 11) is 0. The number of nitrogens with zero attached hydrogens (tertiary/aromatic N) is 3. The third kappa shape index (κ3) is 8.82. The van der Waals surface area contributed by atoms with Crippen molar-refractivity contribution in [2.75, 3.05) is 6.54 Å². The largest absolute Gasteiger partial charge is 0.350 e. The first kappa shape index (κ1) is 30.4. The van der Waals surface area contributed by atoms with Gasteiger partial charge in [0, 0.05) is 18.2 Å². The summed E-state index contributed by atoms with van der Waals surface area (Å²) in [6.45, 7) is 13.3. The summed E-state index contributed by atoms with van der Waals surface area (Å²) in [4.78, 5) is 27.0. The van der Waals surface area contributed by atoms with Crippen molar-refractivity contribution < 1.29 is 14.0 Å². The standard InChI is InChI=1S/C22H23Cl2FN4O2.2C2H6/c1-3-5-18(24)22-14(2)10-27-29(22)13-20(31)28(16-8-9-16)12-19(30)26-11-15-6-4-7-17(23)21(15)25;2*1-2/h3-7,10,16H,1,8-9,11-13H2,2H3,(H,26,30);2*1-2H3/b18-5+;;. The van der Waals surface area contributed by atoms with E-state index in [2.05, 4.69) is 17.0 Å². The molecule has 1 aromatic heterocycles. The molecule has 0 unspecified atom stereocenters. The number of rotatable bonds is 9. The maximum absolute atomic E-state index is 14.0. The summed E-state index contributed by atoms with van der Waals surface area (Å²) in [5.74, 6) is -1.18. The van der Waals surface area contributed by atoms with Gasteiger partial charge in [-0.25, -0.2) is 4.39 Å². The first-order valence-corrected chi connectivity index (χ1v) is 12.6. The van der Waals surface area contributed by atoms with Crippen LogP contribution in [0, 0.1) is 12.7 Å². The van der Waals surface area contributed by atoms with Crippen LogP contribution in [0.1, 0.15) is 57.4 Å². The number of hydrogen-bond acceptors (Lipinski definition) is 3. The lowest BCUT2D eigenvalue weighted by Gasteiger charge is -2.22. The predicted molar refractivity (Wildman–Crippen MR) is 142 cm³/mol. The maximum atomic E-state index is 14.0. The molecular formula is C26H35Cl2FN4O2. The van der Waals surface area contributed by atoms with Gasteiger partial charge < -0.3 is 10.2 Å². The van der Waals surface area contributed by atoms with Gasteiger partial charge in [0.05, 0.1) is 28.5 Å². The Morgan fingerprint density at radius 2 is 1.94 bits per heavy atom. The average molecular weight is 525 g/mol. The molecule has 0 bridgehead atoms. The Labute approximate surface area is 217 Å². The summed E-state index contributed by atoms with van der Waals surface area (Å²) in [6, 6.07) is 4.62. The Hall–Kier alpha value is -2.64. The van der Waals surface area contributed by atoms with Crippen molar-refractivity contribution in [3.63, 3.8) is 0 Å². The van der Waals surface area contributed by atoms with Gasteiger partial charge in [-0.1, -0.05) is 75.7 Å². The number of aromatic nitrogens is 2. The van der Waals surface area contributed by atoms with Crippen LogP contribution in [0.15, 0.2) is 43.1 Å². The second-order valence-corrected chi connectivity index (χ2v) is 8.14. The van der Waals surface area contributed by atoms with E-state index in [-0.39, 0.29) is 48.1 Å². The number of halogens is 3. The van der Waals surface area contributed by atoms with Crippen molar-refractivity contribution in [3.8, 4) is 0 Å². The third-order valence-corrected chi connectivity index (χ3v) is 5.52. The minimum Gasteiger partial charge on any atom is -0.350 e. The topological polar surface area (TPSA) is 67.2 Å². The summed E-state index contributed by atoms with van der Waals surface area (Å²) in [6.07, 6.45) is 6.50. The molecule has 35 heavy (non-hydrogen) atoms. The highest BCUT2D eigenvalue weighted by molar-refractivity contribution is 6.48. The van der Waals surface area contributed by atoms with E-state index >= 15 is 0 Å². The van der Waals surface area contributed by atoms with Gasteiger partial charge in [-0.3, -0.25) is 14.3 Å². The van der Waals surface area contributed by atoms with Crippen LogP contribution in [0.4, 0.5) is 4.39 Å². The van der Waals surface area contributed by atoms with Crippen molar-refractivity contribution in [3.05, 3.63) is 70.8 Å². The molecule has 0 aliphatic heterocycles. The van der Waals surface area contributed by atoms with E-state index in [9.17, 15) is 14.0 Å². The summed E-state index contributed by atoms with van der Waals surface area (Å²) < 4.78 is 15.5. The minimum atomic E-state index is -0.564. The molecule has 1 aliphatic rings. The van der Waals surface area contributed by atoms with E-state index in [4.69, 9.17) is 23.2 Å². The number of amides is 2. The van der Waals surface area contributed by atoms with Crippen molar-refractivity contribution in [1.29, 1.82) is 0 Å². The zero-order valence-corrected chi connectivity index (χ0v) is 22.6. The molecular weight excluding hydrogens is 490 g/mol. The van der Waals surface area contributed by atoms with Gasteiger partial charge in [0.15, 0.2) is 0 Å². The van der Waals surface area contributed by atoms with Crippen molar-refractivity contribution in [2.45, 2.75) is 66.6 Å². The Balaban J connectivity index is 0.00000145. The van der Waals surface area contributed by atoms with Crippen LogP contribution >= 0.6 is 23.2 Å². The predicted octanol–water partition coefficient (Wildman–Crippen LogP) is 6.11. The molecule has 192 valence electrons. The highest BCUT2D eigenvalue weighted by Gasteiger charge is 2.34. The molecule has 3 rings (SSSR count). The van der Waals surface area contributed by atoms with Gasteiger partial charge in [-0.05, 0) is 37.5 Å². The third-order valence-electron chi connectivity index (χ3n) is 4.93. The normalized spacial score (nSPS) is 12.5. The van der Waals surface area contributed by atoms with E-state index in [0.29, 0.717) is 10.7 Å². The number of hydrogen-bond donors (Lipinski definition) is 1. The molecule has 1 saturated carbocycles. The fourth-order valence-corrected chi connectivity index (χ4v) is 3.74. The van der Waals surface area contributed by atoms with Crippen molar-refractivity contribution >= 4 is 40.0 Å². The first-order chi connectivity index (χ1) is 16.8. The molecule has 0 saturated heterocycles. The van der Waals surface area contributed by atoms with E-state index < -0.39 is 5.82 Å². The van der Waals surface area contributed by atoms with Gasteiger partial charge in [0.25, 0.3) is 0 Å². The van der Waals surface area contributed by atoms with Crippen LogP contribution in [-0.4, -0.2) is 39.1 Å². The number of allylic oxidation sites excluding steroid dienone is 2. The maximum Gasteiger partial charge on any atom is 0.245 e. The molecule has 0 atom stereocenters. The molecule has 1 aromatic carbocycles. The second-order valence-electron chi connectivity index (χ2n) is 7.33. The van der Waals surface area contributed by atoms with E-state index in [0.717, 1.165) is 18.4 Å². The van der Waals surface area contributed by atoms with Crippen LogP contribution < -0.4 is 5.32 Å². The van der Waals surface area contributed by atoms with Gasteiger partial charge in [0.2, 0.25) is 11.8 Å². The molecule has 0 spiro atoms. The molecule has 2 amide bonds. The lowest BCUT2D eigenvalue weighted by Crippen LogP contribution is -2.43.